The van der Waals surface area contributed by atoms with Crippen molar-refractivity contribution in [2.75, 3.05) is 17.2 Å². The van der Waals surface area contributed by atoms with Gasteiger partial charge in [-0.1, -0.05) is 37.0 Å². The first kappa shape index (κ1) is 19.1. The van der Waals surface area contributed by atoms with Gasteiger partial charge in [-0.25, -0.2) is 0 Å². The van der Waals surface area contributed by atoms with Crippen molar-refractivity contribution < 1.29 is 14.3 Å². The zero-order valence-corrected chi connectivity index (χ0v) is 15.3. The van der Waals surface area contributed by atoms with Crippen LogP contribution in [-0.2, 0) is 9.59 Å². The maximum Gasteiger partial charge on any atom is 0.262 e. The summed E-state index contributed by atoms with van der Waals surface area (Å²) in [5.74, 6) is -0.163. The summed E-state index contributed by atoms with van der Waals surface area (Å²) in [7, 11) is 0. The van der Waals surface area contributed by atoms with Crippen molar-refractivity contribution in [3.05, 3.63) is 52.5 Å². The van der Waals surface area contributed by atoms with E-state index in [2.05, 4.69) is 10.6 Å². The number of carbonyl (C=O) groups excluding carboxylic acids is 2. The van der Waals surface area contributed by atoms with Crippen LogP contribution in [0.2, 0.25) is 10.0 Å². The Morgan fingerprint density at radius 1 is 1.00 bits per heavy atom. The molecule has 0 atom stereocenters. The number of ether oxygens (including phenoxy) is 1. The molecule has 0 fully saturated rings. The van der Waals surface area contributed by atoms with Crippen LogP contribution in [0.25, 0.3) is 0 Å². The smallest absolute Gasteiger partial charge is 0.262 e. The van der Waals surface area contributed by atoms with E-state index in [-0.39, 0.29) is 24.3 Å². The van der Waals surface area contributed by atoms with Gasteiger partial charge in [-0.2, -0.15) is 0 Å². The molecule has 2 rings (SSSR count). The lowest BCUT2D eigenvalue weighted by Gasteiger charge is -2.10. The lowest BCUT2D eigenvalue weighted by Crippen LogP contribution is -2.20. The van der Waals surface area contributed by atoms with Crippen LogP contribution >= 0.6 is 23.2 Å². The highest BCUT2D eigenvalue weighted by Gasteiger charge is 2.09. The summed E-state index contributed by atoms with van der Waals surface area (Å²) in [4.78, 5) is 23.6. The monoisotopic (exact) mass is 380 g/mol. The summed E-state index contributed by atoms with van der Waals surface area (Å²) in [6.45, 7) is 3.43. The maximum absolute atomic E-state index is 12.0. The molecule has 0 aliphatic rings. The molecule has 0 aromatic heterocycles. The highest BCUT2D eigenvalue weighted by molar-refractivity contribution is 6.34. The molecule has 2 aromatic carbocycles. The first-order chi connectivity index (χ1) is 11.8. The minimum atomic E-state index is -0.338. The van der Waals surface area contributed by atoms with Gasteiger partial charge in [0, 0.05) is 28.4 Å². The number of anilines is 2. The van der Waals surface area contributed by atoms with Crippen LogP contribution in [0.4, 0.5) is 11.4 Å². The van der Waals surface area contributed by atoms with Gasteiger partial charge in [-0.05, 0) is 36.4 Å². The van der Waals surface area contributed by atoms with Crippen molar-refractivity contribution in [1.82, 2.24) is 0 Å². The van der Waals surface area contributed by atoms with Crippen molar-refractivity contribution in [3.8, 4) is 5.75 Å². The molecule has 0 aliphatic heterocycles. The van der Waals surface area contributed by atoms with Crippen LogP contribution in [0, 0.1) is 5.92 Å². The average Bonchev–Trinajstić information content (AvgIpc) is 2.57. The molecule has 0 saturated heterocycles. The number of amides is 2. The molecular weight excluding hydrogens is 363 g/mol. The lowest BCUT2D eigenvalue weighted by atomic mass is 10.2. The fraction of sp³-hybridized carbons (Fsp3) is 0.222. The Morgan fingerprint density at radius 3 is 2.20 bits per heavy atom. The fourth-order valence-electron chi connectivity index (χ4n) is 1.85. The highest BCUT2D eigenvalue weighted by Crippen LogP contribution is 2.27. The van der Waals surface area contributed by atoms with Gasteiger partial charge in [0.25, 0.3) is 5.91 Å². The first-order valence-electron chi connectivity index (χ1n) is 7.64. The predicted octanol–water partition coefficient (Wildman–Crippen LogP) is 4.61. The predicted molar refractivity (Wildman–Crippen MR) is 100 cm³/mol. The Labute approximate surface area is 156 Å². The second-order valence-corrected chi connectivity index (χ2v) is 6.48. The van der Waals surface area contributed by atoms with Gasteiger partial charge in [0.05, 0.1) is 5.02 Å². The Kier molecular flexibility index (Phi) is 6.67. The van der Waals surface area contributed by atoms with Crippen molar-refractivity contribution in [3.63, 3.8) is 0 Å². The van der Waals surface area contributed by atoms with E-state index in [0.717, 1.165) is 0 Å². The van der Waals surface area contributed by atoms with Crippen LogP contribution in [0.3, 0.4) is 0 Å². The van der Waals surface area contributed by atoms with E-state index in [4.69, 9.17) is 27.9 Å². The topological polar surface area (TPSA) is 67.4 Å². The third kappa shape index (κ3) is 5.96. The SMILES string of the molecule is CC(C)C(=O)Nc1ccc(NC(=O)COc2cc(Cl)ccc2Cl)cc1. The number of benzene rings is 2. The zero-order chi connectivity index (χ0) is 18.4. The number of rotatable bonds is 6. The Balaban J connectivity index is 1.88. The van der Waals surface area contributed by atoms with Crippen molar-refractivity contribution >= 4 is 46.4 Å². The number of halogens is 2. The summed E-state index contributed by atoms with van der Waals surface area (Å²) in [5.41, 5.74) is 1.26. The minimum Gasteiger partial charge on any atom is -0.482 e. The minimum absolute atomic E-state index is 0.0661. The van der Waals surface area contributed by atoms with E-state index in [9.17, 15) is 9.59 Å². The summed E-state index contributed by atoms with van der Waals surface area (Å²) in [5, 5.41) is 6.32. The molecule has 25 heavy (non-hydrogen) atoms. The van der Waals surface area contributed by atoms with Crippen molar-refractivity contribution in [2.24, 2.45) is 5.92 Å². The zero-order valence-electron chi connectivity index (χ0n) is 13.8. The standard InChI is InChI=1S/C18H18Cl2N2O3/c1-11(2)18(24)22-14-6-4-13(5-7-14)21-17(23)10-25-16-9-12(19)3-8-15(16)20/h3-9,11H,10H2,1-2H3,(H,21,23)(H,22,24). The van der Waals surface area contributed by atoms with Gasteiger partial charge in [0.1, 0.15) is 5.75 Å². The second-order valence-electron chi connectivity index (χ2n) is 5.63. The average molecular weight is 381 g/mol. The van der Waals surface area contributed by atoms with Crippen molar-refractivity contribution in [1.29, 1.82) is 0 Å². The molecule has 2 amide bonds. The summed E-state index contributed by atoms with van der Waals surface area (Å²) < 4.78 is 5.37. The maximum atomic E-state index is 12.0. The van der Waals surface area contributed by atoms with Crippen LogP contribution in [0.15, 0.2) is 42.5 Å². The van der Waals surface area contributed by atoms with Gasteiger partial charge in [0.15, 0.2) is 6.61 Å². The van der Waals surface area contributed by atoms with E-state index >= 15 is 0 Å². The number of hydrogen-bond donors (Lipinski definition) is 2. The Bertz CT molecular complexity index is 761. The molecule has 0 aliphatic carbocycles. The van der Waals surface area contributed by atoms with E-state index in [1.165, 1.54) is 0 Å². The lowest BCUT2D eigenvalue weighted by molar-refractivity contribution is -0.119. The van der Waals surface area contributed by atoms with Gasteiger partial charge < -0.3 is 15.4 Å². The quantitative estimate of drug-likeness (QED) is 0.768. The summed E-state index contributed by atoms with van der Waals surface area (Å²) in [6, 6.07) is 11.6. The van der Waals surface area contributed by atoms with E-state index in [1.807, 2.05) is 13.8 Å². The van der Waals surface area contributed by atoms with Gasteiger partial charge in [-0.3, -0.25) is 9.59 Å². The molecule has 2 aromatic rings. The first-order valence-corrected chi connectivity index (χ1v) is 8.39. The summed E-state index contributed by atoms with van der Waals surface area (Å²) in [6.07, 6.45) is 0. The molecule has 0 spiro atoms. The van der Waals surface area contributed by atoms with Gasteiger partial charge >= 0.3 is 0 Å². The fourth-order valence-corrected chi connectivity index (χ4v) is 2.19. The van der Waals surface area contributed by atoms with E-state index < -0.39 is 0 Å². The van der Waals surface area contributed by atoms with E-state index in [1.54, 1.807) is 42.5 Å². The molecule has 132 valence electrons. The van der Waals surface area contributed by atoms with Crippen LogP contribution < -0.4 is 15.4 Å². The third-order valence-electron chi connectivity index (χ3n) is 3.21. The number of carbonyl (C=O) groups is 2. The van der Waals surface area contributed by atoms with Gasteiger partial charge in [-0.15, -0.1) is 0 Å². The molecular formula is C18H18Cl2N2O3. The molecule has 0 unspecified atom stereocenters. The number of nitrogens with one attached hydrogen (secondary N) is 2. The highest BCUT2D eigenvalue weighted by atomic mass is 35.5. The van der Waals surface area contributed by atoms with Crippen molar-refractivity contribution in [2.45, 2.75) is 13.8 Å². The molecule has 5 nitrogen and oxygen atoms in total. The third-order valence-corrected chi connectivity index (χ3v) is 3.76. The Hall–Kier alpha value is -2.24. The van der Waals surface area contributed by atoms with Gasteiger partial charge in [0.2, 0.25) is 5.91 Å². The number of hydrogen-bond acceptors (Lipinski definition) is 3. The van der Waals surface area contributed by atoms with E-state index in [0.29, 0.717) is 27.2 Å². The summed E-state index contributed by atoms with van der Waals surface area (Å²) >= 11 is 11.8. The van der Waals surface area contributed by atoms with Crippen LogP contribution in [0.5, 0.6) is 5.75 Å². The van der Waals surface area contributed by atoms with Crippen LogP contribution in [0.1, 0.15) is 13.8 Å². The normalized spacial score (nSPS) is 10.4. The molecule has 0 radical (unpaired) electrons. The molecule has 0 saturated carbocycles. The molecule has 0 heterocycles. The largest absolute Gasteiger partial charge is 0.482 e. The Morgan fingerprint density at radius 2 is 1.60 bits per heavy atom. The molecule has 7 heteroatoms. The molecule has 0 bridgehead atoms. The van der Waals surface area contributed by atoms with Crippen LogP contribution in [-0.4, -0.2) is 18.4 Å². The molecule has 2 N–H and O–H groups in total. The second kappa shape index (κ2) is 8.74.